The van der Waals surface area contributed by atoms with Crippen molar-refractivity contribution >= 4 is 17.7 Å². The maximum absolute atomic E-state index is 13.7. The molecule has 2 saturated heterocycles. The molecular weight excluding hydrogens is 677 g/mol. The summed E-state index contributed by atoms with van der Waals surface area (Å²) in [6, 6.07) is 14.1. The van der Waals surface area contributed by atoms with E-state index in [1.807, 2.05) is 43.3 Å². The zero-order chi connectivity index (χ0) is 37.6. The zero-order valence-corrected chi connectivity index (χ0v) is 31.7. The maximum atomic E-state index is 13.7. The van der Waals surface area contributed by atoms with E-state index < -0.39 is 12.1 Å². The van der Waals surface area contributed by atoms with Crippen molar-refractivity contribution in [2.24, 2.45) is 5.92 Å². The largest absolute Gasteiger partial charge is 0.453 e. The number of ether oxygens (including phenoxy) is 1. The van der Waals surface area contributed by atoms with Gasteiger partial charge in [0.15, 0.2) is 0 Å². The molecule has 0 radical (unpaired) electrons. The summed E-state index contributed by atoms with van der Waals surface area (Å²) in [6.07, 6.45) is 9.54. The van der Waals surface area contributed by atoms with Crippen LogP contribution in [0.25, 0.3) is 22.4 Å². The summed E-state index contributed by atoms with van der Waals surface area (Å²) in [5.74, 6) is 14.6. The molecule has 7 rings (SSSR count). The maximum Gasteiger partial charge on any atom is 0.407 e. The van der Waals surface area contributed by atoms with Crippen LogP contribution in [0.3, 0.4) is 0 Å². The molecule has 2 aromatic carbocycles. The molecule has 11 nitrogen and oxygen atoms in total. The Morgan fingerprint density at radius 1 is 0.852 bits per heavy atom. The molecule has 1 saturated carbocycles. The van der Waals surface area contributed by atoms with E-state index >= 15 is 0 Å². The van der Waals surface area contributed by atoms with Crippen molar-refractivity contribution in [1.29, 1.82) is 0 Å². The van der Waals surface area contributed by atoms with Gasteiger partial charge in [0.1, 0.15) is 23.4 Å². The van der Waals surface area contributed by atoms with E-state index in [1.165, 1.54) is 38.5 Å². The number of methoxy groups -OCH3 is 1. The smallest absolute Gasteiger partial charge is 0.407 e. The number of rotatable bonds is 8. The number of benzene rings is 2. The van der Waals surface area contributed by atoms with Gasteiger partial charge in [-0.2, -0.15) is 0 Å². The van der Waals surface area contributed by atoms with Gasteiger partial charge >= 0.3 is 6.09 Å². The summed E-state index contributed by atoms with van der Waals surface area (Å²) in [7, 11) is 3.47. The van der Waals surface area contributed by atoms with E-state index in [2.05, 4.69) is 91.1 Å². The fraction of sp³-hybridized carbons (Fsp3) is 0.442. The fourth-order valence-corrected chi connectivity index (χ4v) is 7.83. The van der Waals surface area contributed by atoms with E-state index in [1.54, 1.807) is 0 Å². The van der Waals surface area contributed by atoms with E-state index in [4.69, 9.17) is 9.72 Å². The molecule has 2 aliphatic heterocycles. The van der Waals surface area contributed by atoms with Gasteiger partial charge in [0.2, 0.25) is 5.91 Å². The topological polar surface area (TPSA) is 122 Å². The molecule has 0 spiro atoms. The molecule has 2 amide bonds. The minimum atomic E-state index is -0.690. The molecule has 0 bridgehead atoms. The number of nitrogens with one attached hydrogen (secondary N) is 3. The van der Waals surface area contributed by atoms with Crippen molar-refractivity contribution in [3.05, 3.63) is 77.8 Å². The molecule has 280 valence electrons. The van der Waals surface area contributed by atoms with Gasteiger partial charge in [-0.25, -0.2) is 14.8 Å². The number of hydrogen-bond acceptors (Lipinski definition) is 7. The number of imidazole rings is 2. The Hall–Kier alpha value is -5.52. The number of H-pyrrole nitrogens is 2. The number of piperazine rings is 1. The standard InChI is InChI=1S/C43H50N8O3/c1-29(2)39(48-43(53)54-4)42(52)51-21-9-14-38(51)41-45-28-37(47-41)33-16-15-30(10-7-8-13-34-27-44-40(46-34)32-11-5-6-12-32)36(26-33)31-17-19-35(20-18-31)50-24-22-49(3)23-25-50/h15-20,26-29,32,38-39H,5-6,9,11-12,14,21-25H2,1-4H3,(H,44,46)(H,45,47)(H,48,53)/t38-,39-/m0/s1. The second-order valence-corrected chi connectivity index (χ2v) is 15.0. The molecule has 2 aromatic heterocycles. The Morgan fingerprint density at radius 3 is 2.31 bits per heavy atom. The first-order chi connectivity index (χ1) is 26.3. The lowest BCUT2D eigenvalue weighted by atomic mass is 9.96. The van der Waals surface area contributed by atoms with Gasteiger partial charge in [-0.3, -0.25) is 4.79 Å². The normalized spacial score (nSPS) is 18.2. The van der Waals surface area contributed by atoms with Crippen LogP contribution in [0.1, 0.15) is 87.2 Å². The Balaban J connectivity index is 1.15. The lowest BCUT2D eigenvalue weighted by Gasteiger charge is -2.34. The van der Waals surface area contributed by atoms with Crippen molar-refractivity contribution in [3.63, 3.8) is 0 Å². The highest BCUT2D eigenvalue weighted by Crippen LogP contribution is 2.35. The molecule has 4 aromatic rings. The van der Waals surface area contributed by atoms with Gasteiger partial charge in [-0.1, -0.05) is 50.8 Å². The van der Waals surface area contributed by atoms with Gasteiger partial charge < -0.3 is 34.7 Å². The molecule has 3 aliphatic rings. The van der Waals surface area contributed by atoms with Gasteiger partial charge in [0.05, 0.1) is 31.2 Å². The number of anilines is 1. The van der Waals surface area contributed by atoms with Crippen LogP contribution in [0.2, 0.25) is 0 Å². The van der Waals surface area contributed by atoms with Crippen LogP contribution in [0, 0.1) is 29.6 Å². The van der Waals surface area contributed by atoms with Crippen LogP contribution in [0.5, 0.6) is 0 Å². The Bertz CT molecular complexity index is 2060. The average Bonchev–Trinajstić information content (AvgIpc) is 4.03. The van der Waals surface area contributed by atoms with Crippen LogP contribution < -0.4 is 10.2 Å². The monoisotopic (exact) mass is 726 g/mol. The molecule has 3 fully saturated rings. The molecule has 11 heteroatoms. The SMILES string of the molecule is COC(=O)N[C@H](C(=O)N1CCC[C@H]1c1ncc(-c2ccc(C#CC#Cc3cnc(C4CCCC4)[nH]3)c(-c3ccc(N4CCN(C)CC4)cc3)c2)[nH]1)C(C)C. The molecule has 1 aliphatic carbocycles. The number of hydrogen-bond donors (Lipinski definition) is 3. The Kier molecular flexibility index (Phi) is 11.4. The summed E-state index contributed by atoms with van der Waals surface area (Å²) >= 11 is 0. The van der Waals surface area contributed by atoms with Crippen molar-refractivity contribution in [1.82, 2.24) is 35.1 Å². The first-order valence-corrected chi connectivity index (χ1v) is 19.2. The van der Waals surface area contributed by atoms with Crippen molar-refractivity contribution < 1.29 is 14.3 Å². The first-order valence-electron chi connectivity index (χ1n) is 19.2. The third-order valence-electron chi connectivity index (χ3n) is 11.0. The van der Waals surface area contributed by atoms with E-state index in [-0.39, 0.29) is 17.9 Å². The summed E-state index contributed by atoms with van der Waals surface area (Å²) in [5.41, 5.74) is 6.76. The highest BCUT2D eigenvalue weighted by molar-refractivity contribution is 5.86. The quantitative estimate of drug-likeness (QED) is 0.182. The lowest BCUT2D eigenvalue weighted by Crippen LogP contribution is -2.51. The van der Waals surface area contributed by atoms with E-state index in [0.29, 0.717) is 12.5 Å². The minimum absolute atomic E-state index is 0.105. The van der Waals surface area contributed by atoms with Crippen LogP contribution in [-0.4, -0.2) is 94.7 Å². The third kappa shape index (κ3) is 8.32. The summed E-state index contributed by atoms with van der Waals surface area (Å²) < 4.78 is 4.80. The molecular formula is C43H50N8O3. The summed E-state index contributed by atoms with van der Waals surface area (Å²) in [5, 5.41) is 2.72. The Morgan fingerprint density at radius 2 is 1.57 bits per heavy atom. The zero-order valence-electron chi connectivity index (χ0n) is 31.7. The predicted molar refractivity (Wildman–Crippen MR) is 211 cm³/mol. The van der Waals surface area contributed by atoms with E-state index in [0.717, 1.165) is 84.3 Å². The number of amides is 2. The third-order valence-corrected chi connectivity index (χ3v) is 11.0. The first kappa shape index (κ1) is 36.8. The van der Waals surface area contributed by atoms with Gasteiger partial charge in [-0.15, -0.1) is 0 Å². The fourth-order valence-electron chi connectivity index (χ4n) is 7.83. The number of aromatic amines is 2. The van der Waals surface area contributed by atoms with Crippen LogP contribution in [-0.2, 0) is 9.53 Å². The average molecular weight is 727 g/mol. The van der Waals surface area contributed by atoms with Gasteiger partial charge in [-0.05, 0) is 91.8 Å². The molecule has 2 atom stereocenters. The molecule has 54 heavy (non-hydrogen) atoms. The molecule has 3 N–H and O–H groups in total. The van der Waals surface area contributed by atoms with Crippen LogP contribution >= 0.6 is 0 Å². The number of likely N-dealkylation sites (N-methyl/N-ethyl adjacent to an activating group) is 1. The second kappa shape index (κ2) is 16.7. The molecule has 4 heterocycles. The van der Waals surface area contributed by atoms with Crippen molar-refractivity contribution in [3.8, 4) is 46.1 Å². The number of likely N-dealkylation sites (tertiary alicyclic amines) is 1. The number of carbonyl (C=O) groups excluding carboxylic acids is 2. The second-order valence-electron chi connectivity index (χ2n) is 15.0. The number of nitrogens with zero attached hydrogens (tertiary/aromatic N) is 5. The van der Waals surface area contributed by atoms with E-state index in [9.17, 15) is 9.59 Å². The number of carbonyl (C=O) groups is 2. The molecule has 0 unspecified atom stereocenters. The van der Waals surface area contributed by atoms with Gasteiger partial charge in [0, 0.05) is 55.5 Å². The van der Waals surface area contributed by atoms with Gasteiger partial charge in [0.25, 0.3) is 0 Å². The number of alkyl carbamates (subject to hydrolysis) is 1. The highest BCUT2D eigenvalue weighted by atomic mass is 16.5. The summed E-state index contributed by atoms with van der Waals surface area (Å²) in [4.78, 5) is 48.6. The lowest BCUT2D eigenvalue weighted by molar-refractivity contribution is -0.135. The van der Waals surface area contributed by atoms with Crippen molar-refractivity contribution in [2.45, 2.75) is 70.4 Å². The Labute approximate surface area is 318 Å². The predicted octanol–water partition coefficient (Wildman–Crippen LogP) is 6.32. The van der Waals surface area contributed by atoms with Crippen LogP contribution in [0.4, 0.5) is 10.5 Å². The van der Waals surface area contributed by atoms with Crippen LogP contribution in [0.15, 0.2) is 54.9 Å². The highest BCUT2D eigenvalue weighted by Gasteiger charge is 2.37. The van der Waals surface area contributed by atoms with Crippen molar-refractivity contribution in [2.75, 3.05) is 51.8 Å². The minimum Gasteiger partial charge on any atom is -0.453 e. The summed E-state index contributed by atoms with van der Waals surface area (Å²) in [6.45, 7) is 8.53. The number of aromatic nitrogens is 4.